The van der Waals surface area contributed by atoms with Crippen LogP contribution in [0.4, 0.5) is 0 Å². The molecule has 0 aliphatic rings. The first-order valence-corrected chi connectivity index (χ1v) is 12.5. The molecule has 33 heavy (non-hydrogen) atoms. The van der Waals surface area contributed by atoms with Gasteiger partial charge in [-0.1, -0.05) is 44.9 Å². The minimum Gasteiger partial charge on any atom is -0.379 e. The Bertz CT molecular complexity index is 389. The molecule has 0 aliphatic heterocycles. The highest BCUT2D eigenvalue weighted by molar-refractivity contribution is 4.82. The zero-order chi connectivity index (χ0) is 23.9. The van der Waals surface area contributed by atoms with E-state index in [1.165, 1.54) is 32.1 Å². The summed E-state index contributed by atoms with van der Waals surface area (Å²) < 4.78 is 43.2. The molecule has 0 aliphatic carbocycles. The van der Waals surface area contributed by atoms with Crippen LogP contribution in [0.1, 0.15) is 45.4 Å². The maximum absolute atomic E-state index is 5.56. The second-order valence-corrected chi connectivity index (χ2v) is 7.31. The number of rotatable bonds is 29. The fraction of sp³-hybridized carbons (Fsp3) is 0.920. The van der Waals surface area contributed by atoms with Crippen molar-refractivity contribution in [3.63, 3.8) is 0 Å². The number of unbranched alkanes of at least 4 members (excludes halogenated alkanes) is 5. The summed E-state index contributed by atoms with van der Waals surface area (Å²) in [6.45, 7) is 11.1. The zero-order valence-electron chi connectivity index (χ0n) is 20.9. The van der Waals surface area contributed by atoms with Crippen molar-refractivity contribution >= 4 is 0 Å². The van der Waals surface area contributed by atoms with Crippen LogP contribution in [0.15, 0.2) is 0 Å². The second kappa shape index (κ2) is 31.2. The van der Waals surface area contributed by atoms with E-state index >= 15 is 0 Å². The van der Waals surface area contributed by atoms with Crippen LogP contribution < -0.4 is 0 Å². The van der Waals surface area contributed by atoms with E-state index in [9.17, 15) is 0 Å². The number of ether oxygens (including phenoxy) is 8. The maximum atomic E-state index is 5.56. The lowest BCUT2D eigenvalue weighted by Gasteiger charge is -2.08. The standard InChI is InChI=1S/C25H48O8/c1-3-5-6-7-8-9-11-27-13-15-29-17-19-31-21-23-33-25-24-32-22-20-30-18-16-28-14-12-26-10-4-2/h2H,3,5-25H2,1H3. The largest absolute Gasteiger partial charge is 0.379 e. The monoisotopic (exact) mass is 476 g/mol. The van der Waals surface area contributed by atoms with Gasteiger partial charge in [-0.15, -0.1) is 6.42 Å². The first-order chi connectivity index (χ1) is 16.4. The van der Waals surface area contributed by atoms with Gasteiger partial charge in [-0.2, -0.15) is 0 Å². The van der Waals surface area contributed by atoms with Crippen molar-refractivity contribution in [1.29, 1.82) is 0 Å². The second-order valence-electron chi connectivity index (χ2n) is 7.31. The molecular formula is C25H48O8. The fourth-order valence-corrected chi connectivity index (χ4v) is 2.65. The smallest absolute Gasteiger partial charge is 0.107 e. The lowest BCUT2D eigenvalue weighted by Crippen LogP contribution is -2.15. The number of terminal acetylenes is 1. The minimum atomic E-state index is 0.318. The Morgan fingerprint density at radius 2 is 0.697 bits per heavy atom. The van der Waals surface area contributed by atoms with E-state index in [1.807, 2.05) is 0 Å². The molecule has 8 heteroatoms. The molecule has 0 bridgehead atoms. The molecule has 0 fully saturated rings. The topological polar surface area (TPSA) is 73.8 Å². The zero-order valence-corrected chi connectivity index (χ0v) is 20.9. The van der Waals surface area contributed by atoms with Crippen LogP contribution in [-0.4, -0.2) is 106 Å². The Labute approximate surface area is 201 Å². The SMILES string of the molecule is C#CCOCCOCCOCCOCCOCCOCCOCCOCCCCCCCC. The van der Waals surface area contributed by atoms with Crippen molar-refractivity contribution in [3.8, 4) is 12.3 Å². The lowest BCUT2D eigenvalue weighted by molar-refractivity contribution is -0.0225. The average molecular weight is 477 g/mol. The Morgan fingerprint density at radius 3 is 1.06 bits per heavy atom. The summed E-state index contributed by atoms with van der Waals surface area (Å²) in [7, 11) is 0. The molecule has 0 N–H and O–H groups in total. The molecule has 0 atom stereocenters. The summed E-state index contributed by atoms with van der Waals surface area (Å²) in [6.07, 6.45) is 12.8. The van der Waals surface area contributed by atoms with E-state index in [0.29, 0.717) is 99.1 Å². The van der Waals surface area contributed by atoms with Gasteiger partial charge in [0.05, 0.1) is 92.5 Å². The highest BCUT2D eigenvalue weighted by atomic mass is 16.6. The minimum absolute atomic E-state index is 0.318. The predicted octanol–water partition coefficient (Wildman–Crippen LogP) is 3.11. The highest BCUT2D eigenvalue weighted by Gasteiger charge is 1.95. The van der Waals surface area contributed by atoms with Gasteiger partial charge in [0.25, 0.3) is 0 Å². The van der Waals surface area contributed by atoms with Crippen LogP contribution in [-0.2, 0) is 37.9 Å². The molecule has 0 aromatic rings. The summed E-state index contributed by atoms with van der Waals surface area (Å²) >= 11 is 0. The number of hydrogen-bond acceptors (Lipinski definition) is 8. The van der Waals surface area contributed by atoms with Gasteiger partial charge in [0.1, 0.15) is 6.61 Å². The quantitative estimate of drug-likeness (QED) is 0.120. The summed E-state index contributed by atoms with van der Waals surface area (Å²) in [5.41, 5.74) is 0. The van der Waals surface area contributed by atoms with E-state index < -0.39 is 0 Å². The molecule has 0 amide bonds. The molecule has 0 rings (SSSR count). The van der Waals surface area contributed by atoms with Gasteiger partial charge in [0.2, 0.25) is 0 Å². The summed E-state index contributed by atoms with van der Waals surface area (Å²) in [4.78, 5) is 0. The molecular weight excluding hydrogens is 428 g/mol. The van der Waals surface area contributed by atoms with Crippen molar-refractivity contribution in [2.75, 3.05) is 106 Å². The van der Waals surface area contributed by atoms with Gasteiger partial charge >= 0.3 is 0 Å². The van der Waals surface area contributed by atoms with Gasteiger partial charge in [0, 0.05) is 6.61 Å². The molecule has 0 saturated carbocycles. The van der Waals surface area contributed by atoms with Crippen LogP contribution in [0.2, 0.25) is 0 Å². The van der Waals surface area contributed by atoms with Gasteiger partial charge in [-0.3, -0.25) is 0 Å². The summed E-state index contributed by atoms with van der Waals surface area (Å²) in [6, 6.07) is 0. The van der Waals surface area contributed by atoms with Crippen LogP contribution in [0.5, 0.6) is 0 Å². The third-order valence-corrected chi connectivity index (χ3v) is 4.43. The molecule has 0 spiro atoms. The lowest BCUT2D eigenvalue weighted by atomic mass is 10.1. The Morgan fingerprint density at radius 1 is 0.394 bits per heavy atom. The third-order valence-electron chi connectivity index (χ3n) is 4.43. The van der Waals surface area contributed by atoms with Crippen molar-refractivity contribution < 1.29 is 37.9 Å². The average Bonchev–Trinajstić information content (AvgIpc) is 2.83. The first-order valence-electron chi connectivity index (χ1n) is 12.5. The van der Waals surface area contributed by atoms with E-state index in [-0.39, 0.29) is 0 Å². The van der Waals surface area contributed by atoms with Gasteiger partial charge in [-0.25, -0.2) is 0 Å². The van der Waals surface area contributed by atoms with Crippen LogP contribution in [0.25, 0.3) is 0 Å². The predicted molar refractivity (Wildman–Crippen MR) is 129 cm³/mol. The van der Waals surface area contributed by atoms with Crippen molar-refractivity contribution in [2.24, 2.45) is 0 Å². The van der Waals surface area contributed by atoms with Crippen LogP contribution in [0, 0.1) is 12.3 Å². The van der Waals surface area contributed by atoms with E-state index in [2.05, 4.69) is 12.8 Å². The number of hydrogen-bond donors (Lipinski definition) is 0. The third kappa shape index (κ3) is 31.2. The normalized spacial score (nSPS) is 11.2. The van der Waals surface area contributed by atoms with Crippen molar-refractivity contribution in [2.45, 2.75) is 45.4 Å². The molecule has 0 radical (unpaired) electrons. The van der Waals surface area contributed by atoms with Crippen molar-refractivity contribution in [1.82, 2.24) is 0 Å². The first kappa shape index (κ1) is 32.2. The maximum Gasteiger partial charge on any atom is 0.107 e. The van der Waals surface area contributed by atoms with Crippen molar-refractivity contribution in [3.05, 3.63) is 0 Å². The molecule has 0 aromatic heterocycles. The van der Waals surface area contributed by atoms with Crippen LogP contribution in [0.3, 0.4) is 0 Å². The summed E-state index contributed by atoms with van der Waals surface area (Å²) in [5.74, 6) is 2.40. The van der Waals surface area contributed by atoms with E-state index in [4.69, 9.17) is 44.3 Å². The molecule has 0 saturated heterocycles. The molecule has 8 nitrogen and oxygen atoms in total. The Kier molecular flexibility index (Phi) is 30.5. The molecule has 196 valence electrons. The van der Waals surface area contributed by atoms with Gasteiger partial charge < -0.3 is 37.9 Å². The van der Waals surface area contributed by atoms with E-state index in [1.54, 1.807) is 0 Å². The Hall–Kier alpha value is -0.760. The molecule has 0 aromatic carbocycles. The summed E-state index contributed by atoms with van der Waals surface area (Å²) in [5, 5.41) is 0. The van der Waals surface area contributed by atoms with Crippen LogP contribution >= 0.6 is 0 Å². The van der Waals surface area contributed by atoms with Gasteiger partial charge in [-0.05, 0) is 6.42 Å². The highest BCUT2D eigenvalue weighted by Crippen LogP contribution is 2.04. The molecule has 0 unspecified atom stereocenters. The molecule has 0 heterocycles. The van der Waals surface area contributed by atoms with E-state index in [0.717, 1.165) is 13.0 Å². The fourth-order valence-electron chi connectivity index (χ4n) is 2.65. The van der Waals surface area contributed by atoms with Gasteiger partial charge in [0.15, 0.2) is 0 Å². The Balaban J connectivity index is 3.00.